The Morgan fingerprint density at radius 3 is 2.90 bits per heavy atom. The van der Waals surface area contributed by atoms with Crippen LogP contribution in [0.2, 0.25) is 5.15 Å². The van der Waals surface area contributed by atoms with E-state index in [-0.39, 0.29) is 10.7 Å². The van der Waals surface area contributed by atoms with Crippen LogP contribution < -0.4 is 5.32 Å². The Labute approximate surface area is 126 Å². The standard InChI is InChI=1S/C14H16ClFN2O3/c1-14(13(20)21)5-3-2-4-10(14)18-12(19)9-6-8(16)7-17-11(9)15/h6-7,10H,2-5H2,1H3,(H,18,19)(H,20,21). The number of rotatable bonds is 3. The van der Waals surface area contributed by atoms with Crippen LogP contribution in [0.5, 0.6) is 0 Å². The number of carbonyl (C=O) groups is 2. The Morgan fingerprint density at radius 2 is 2.24 bits per heavy atom. The van der Waals surface area contributed by atoms with E-state index in [1.54, 1.807) is 6.92 Å². The van der Waals surface area contributed by atoms with Crippen molar-refractivity contribution >= 4 is 23.5 Å². The van der Waals surface area contributed by atoms with Gasteiger partial charge in [0.2, 0.25) is 0 Å². The van der Waals surface area contributed by atoms with E-state index in [9.17, 15) is 19.1 Å². The molecule has 2 rings (SSSR count). The number of hydrogen-bond acceptors (Lipinski definition) is 3. The number of hydrogen-bond donors (Lipinski definition) is 2. The molecule has 1 aliphatic carbocycles. The molecule has 0 aromatic carbocycles. The van der Waals surface area contributed by atoms with Gasteiger partial charge in [-0.25, -0.2) is 9.37 Å². The average Bonchev–Trinajstić information content (AvgIpc) is 2.43. The zero-order valence-corrected chi connectivity index (χ0v) is 12.3. The second-order valence-corrected chi connectivity index (χ2v) is 5.84. The van der Waals surface area contributed by atoms with E-state index in [1.165, 1.54) is 0 Å². The highest BCUT2D eigenvalue weighted by molar-refractivity contribution is 6.32. The topological polar surface area (TPSA) is 79.3 Å². The van der Waals surface area contributed by atoms with E-state index in [0.29, 0.717) is 12.8 Å². The van der Waals surface area contributed by atoms with Crippen molar-refractivity contribution in [3.8, 4) is 0 Å². The molecular weight excluding hydrogens is 299 g/mol. The number of nitrogens with zero attached hydrogens (tertiary/aromatic N) is 1. The van der Waals surface area contributed by atoms with E-state index in [0.717, 1.165) is 25.1 Å². The molecule has 0 radical (unpaired) electrons. The maximum absolute atomic E-state index is 13.2. The molecule has 0 bridgehead atoms. The number of carboxylic acids is 1. The van der Waals surface area contributed by atoms with E-state index in [2.05, 4.69) is 10.3 Å². The Bertz CT molecular complexity index is 581. The predicted octanol–water partition coefficient (Wildman–Crippen LogP) is 2.64. The second-order valence-electron chi connectivity index (χ2n) is 5.49. The van der Waals surface area contributed by atoms with Gasteiger partial charge in [-0.3, -0.25) is 9.59 Å². The average molecular weight is 315 g/mol. The lowest BCUT2D eigenvalue weighted by molar-refractivity contribution is -0.151. The van der Waals surface area contributed by atoms with Crippen molar-refractivity contribution in [3.05, 3.63) is 28.8 Å². The van der Waals surface area contributed by atoms with Crippen molar-refractivity contribution in [2.45, 2.75) is 38.6 Å². The molecule has 0 aliphatic heterocycles. The van der Waals surface area contributed by atoms with Gasteiger partial charge in [-0.05, 0) is 25.8 Å². The van der Waals surface area contributed by atoms with Gasteiger partial charge in [-0.1, -0.05) is 24.4 Å². The molecule has 2 N–H and O–H groups in total. The summed E-state index contributed by atoms with van der Waals surface area (Å²) in [5.41, 5.74) is -1.11. The fourth-order valence-corrected chi connectivity index (χ4v) is 2.83. The Balaban J connectivity index is 2.21. The van der Waals surface area contributed by atoms with Crippen molar-refractivity contribution < 1.29 is 19.1 Å². The summed E-state index contributed by atoms with van der Waals surface area (Å²) in [5, 5.41) is 12.0. The van der Waals surface area contributed by atoms with E-state index in [4.69, 9.17) is 11.6 Å². The third kappa shape index (κ3) is 3.15. The minimum atomic E-state index is -1.03. The lowest BCUT2D eigenvalue weighted by Gasteiger charge is -2.38. The first kappa shape index (κ1) is 15.7. The lowest BCUT2D eigenvalue weighted by atomic mass is 9.71. The highest BCUT2D eigenvalue weighted by atomic mass is 35.5. The molecule has 0 spiro atoms. The molecule has 21 heavy (non-hydrogen) atoms. The summed E-state index contributed by atoms with van der Waals surface area (Å²) in [6.45, 7) is 1.62. The number of nitrogens with one attached hydrogen (secondary N) is 1. The number of carboxylic acid groups (broad SMARTS) is 1. The van der Waals surface area contributed by atoms with E-state index in [1.807, 2.05) is 0 Å². The number of amides is 1. The predicted molar refractivity (Wildman–Crippen MR) is 74.7 cm³/mol. The van der Waals surface area contributed by atoms with Crippen LogP contribution in [0.15, 0.2) is 12.3 Å². The summed E-state index contributed by atoms with van der Waals surface area (Å²) < 4.78 is 13.2. The van der Waals surface area contributed by atoms with Gasteiger partial charge < -0.3 is 10.4 Å². The molecule has 1 amide bonds. The molecule has 7 heteroatoms. The number of pyridine rings is 1. The SMILES string of the molecule is CC1(C(=O)O)CCCCC1NC(=O)c1cc(F)cnc1Cl. The van der Waals surface area contributed by atoms with Crippen molar-refractivity contribution in [1.29, 1.82) is 0 Å². The summed E-state index contributed by atoms with van der Waals surface area (Å²) in [6, 6.07) is 0.474. The van der Waals surface area contributed by atoms with Crippen molar-refractivity contribution in [2.24, 2.45) is 5.41 Å². The molecular formula is C14H16ClFN2O3. The molecule has 1 aliphatic rings. The molecule has 0 saturated heterocycles. The Kier molecular flexibility index (Phi) is 4.46. The Morgan fingerprint density at radius 1 is 1.52 bits per heavy atom. The molecule has 1 heterocycles. The van der Waals surface area contributed by atoms with Gasteiger partial charge >= 0.3 is 5.97 Å². The fourth-order valence-electron chi connectivity index (χ4n) is 2.64. The highest BCUT2D eigenvalue weighted by Crippen LogP contribution is 2.36. The van der Waals surface area contributed by atoms with Crippen molar-refractivity contribution in [1.82, 2.24) is 10.3 Å². The fraction of sp³-hybridized carbons (Fsp3) is 0.500. The highest BCUT2D eigenvalue weighted by Gasteiger charge is 2.44. The van der Waals surface area contributed by atoms with Gasteiger partial charge in [-0.2, -0.15) is 0 Å². The molecule has 1 aromatic rings. The van der Waals surface area contributed by atoms with Gasteiger partial charge in [0.25, 0.3) is 5.91 Å². The number of halogens is 2. The normalized spacial score (nSPS) is 25.4. The van der Waals surface area contributed by atoms with Crippen molar-refractivity contribution in [2.75, 3.05) is 0 Å². The van der Waals surface area contributed by atoms with Crippen LogP contribution >= 0.6 is 11.6 Å². The first-order chi connectivity index (χ1) is 9.84. The van der Waals surface area contributed by atoms with Gasteiger partial charge in [0, 0.05) is 6.04 Å². The van der Waals surface area contributed by atoms with E-state index >= 15 is 0 Å². The Hall–Kier alpha value is -1.69. The molecule has 2 unspecified atom stereocenters. The van der Waals surface area contributed by atoms with Gasteiger partial charge in [0.1, 0.15) is 11.0 Å². The molecule has 5 nitrogen and oxygen atoms in total. The third-order valence-electron chi connectivity index (χ3n) is 4.05. The summed E-state index contributed by atoms with van der Waals surface area (Å²) in [6.07, 6.45) is 3.61. The number of aliphatic carboxylic acids is 1. The zero-order valence-electron chi connectivity index (χ0n) is 11.5. The van der Waals surface area contributed by atoms with Gasteiger partial charge in [0.05, 0.1) is 17.2 Å². The summed E-state index contributed by atoms with van der Waals surface area (Å²) in [7, 11) is 0. The monoisotopic (exact) mass is 314 g/mol. The third-order valence-corrected chi connectivity index (χ3v) is 4.35. The van der Waals surface area contributed by atoms with Crippen molar-refractivity contribution in [3.63, 3.8) is 0 Å². The smallest absolute Gasteiger partial charge is 0.311 e. The van der Waals surface area contributed by atoms with Crippen LogP contribution in [0.4, 0.5) is 4.39 Å². The largest absolute Gasteiger partial charge is 0.481 e. The minimum Gasteiger partial charge on any atom is -0.481 e. The number of aromatic nitrogens is 1. The maximum Gasteiger partial charge on any atom is 0.311 e. The molecule has 1 saturated carbocycles. The molecule has 114 valence electrons. The minimum absolute atomic E-state index is 0.0880. The molecule has 1 aromatic heterocycles. The number of carbonyl (C=O) groups excluding carboxylic acids is 1. The summed E-state index contributed by atoms with van der Waals surface area (Å²) in [4.78, 5) is 27.3. The first-order valence-corrected chi connectivity index (χ1v) is 7.07. The van der Waals surface area contributed by atoms with Crippen LogP contribution in [0.3, 0.4) is 0 Å². The zero-order chi connectivity index (χ0) is 15.6. The molecule has 1 fully saturated rings. The van der Waals surface area contributed by atoms with Crippen LogP contribution in [-0.4, -0.2) is 28.0 Å². The van der Waals surface area contributed by atoms with Crippen LogP contribution in [0, 0.1) is 11.2 Å². The summed E-state index contributed by atoms with van der Waals surface area (Å²) in [5.74, 6) is -2.23. The molecule has 2 atom stereocenters. The summed E-state index contributed by atoms with van der Waals surface area (Å²) >= 11 is 5.79. The van der Waals surface area contributed by atoms with Gasteiger partial charge in [0.15, 0.2) is 0 Å². The maximum atomic E-state index is 13.2. The van der Waals surface area contributed by atoms with E-state index < -0.39 is 29.2 Å². The lowest BCUT2D eigenvalue weighted by Crippen LogP contribution is -2.52. The second kappa shape index (κ2) is 5.97. The van der Waals surface area contributed by atoms with Crippen LogP contribution in [0.25, 0.3) is 0 Å². The van der Waals surface area contributed by atoms with Crippen LogP contribution in [-0.2, 0) is 4.79 Å². The quantitative estimate of drug-likeness (QED) is 0.841. The first-order valence-electron chi connectivity index (χ1n) is 6.70. The van der Waals surface area contributed by atoms with Crippen LogP contribution in [0.1, 0.15) is 43.0 Å². The van der Waals surface area contributed by atoms with Gasteiger partial charge in [-0.15, -0.1) is 0 Å².